The zero-order chi connectivity index (χ0) is 26.4. The first kappa shape index (κ1) is 26.4. The summed E-state index contributed by atoms with van der Waals surface area (Å²) < 4.78 is 65.1. The van der Waals surface area contributed by atoms with E-state index in [1.54, 1.807) is 30.3 Å². The van der Waals surface area contributed by atoms with Crippen molar-refractivity contribution in [3.05, 3.63) is 113 Å². The molecular weight excluding hydrogens is 476 g/mol. The number of allylic oxidation sites excluding steroid dienone is 3. The Balaban J connectivity index is 1.69. The van der Waals surface area contributed by atoms with Gasteiger partial charge in [0.05, 0.1) is 0 Å². The van der Waals surface area contributed by atoms with Gasteiger partial charge in [-0.15, -0.1) is 0 Å². The van der Waals surface area contributed by atoms with E-state index in [-0.39, 0.29) is 12.2 Å². The maximum absolute atomic E-state index is 15.4. The number of unbranched alkanes of at least 4 members (excludes halogenated alkanes) is 1. The average molecular weight is 505 g/mol. The molecule has 3 aromatic rings. The number of hydrogen-bond donors (Lipinski definition) is 0. The number of aryl methyl sites for hydroxylation is 1. The maximum atomic E-state index is 15.4. The third-order valence-electron chi connectivity index (χ3n) is 6.30. The lowest BCUT2D eigenvalue weighted by Gasteiger charge is -2.28. The van der Waals surface area contributed by atoms with Crippen molar-refractivity contribution >= 4 is 16.6 Å². The van der Waals surface area contributed by atoms with Crippen LogP contribution in [0.25, 0.3) is 16.6 Å². The van der Waals surface area contributed by atoms with Gasteiger partial charge in [0.2, 0.25) is 0 Å². The maximum Gasteiger partial charge on any atom is 0.264 e. The van der Waals surface area contributed by atoms with Gasteiger partial charge in [-0.05, 0) is 60.4 Å². The number of halogens is 4. The first-order valence-corrected chi connectivity index (χ1v) is 12.4. The van der Waals surface area contributed by atoms with Gasteiger partial charge in [-0.3, -0.25) is 0 Å². The molecular formula is C32H28F4O. The molecule has 0 aromatic heterocycles. The first-order valence-electron chi connectivity index (χ1n) is 12.4. The summed E-state index contributed by atoms with van der Waals surface area (Å²) in [5, 5.41) is 1.04. The van der Waals surface area contributed by atoms with Crippen LogP contribution in [0.2, 0.25) is 0 Å². The minimum absolute atomic E-state index is 0.0672. The van der Waals surface area contributed by atoms with Gasteiger partial charge in [-0.1, -0.05) is 79.8 Å². The van der Waals surface area contributed by atoms with Crippen LogP contribution in [0.4, 0.5) is 17.6 Å². The van der Waals surface area contributed by atoms with E-state index in [0.29, 0.717) is 16.3 Å². The highest BCUT2D eigenvalue weighted by molar-refractivity contribution is 5.97. The van der Waals surface area contributed by atoms with E-state index >= 15 is 8.78 Å². The molecule has 4 rings (SSSR count). The average Bonchev–Trinajstić information content (AvgIpc) is 2.92. The fraction of sp³-hybridized carbons (Fsp3) is 0.250. The smallest absolute Gasteiger partial charge is 0.264 e. The highest BCUT2D eigenvalue weighted by Gasteiger charge is 2.44. The lowest BCUT2D eigenvalue weighted by Crippen LogP contribution is -2.39. The van der Waals surface area contributed by atoms with Crippen LogP contribution in [0.15, 0.2) is 90.3 Å². The summed E-state index contributed by atoms with van der Waals surface area (Å²) in [4.78, 5) is 0. The van der Waals surface area contributed by atoms with Crippen molar-refractivity contribution in [3.63, 3.8) is 0 Å². The minimum Gasteiger partial charge on any atom is -0.340 e. The molecule has 0 N–H and O–H groups in total. The molecule has 0 spiro atoms. The highest BCUT2D eigenvalue weighted by Crippen LogP contribution is 2.40. The van der Waals surface area contributed by atoms with Crippen molar-refractivity contribution in [3.8, 4) is 11.8 Å². The van der Waals surface area contributed by atoms with Crippen molar-refractivity contribution in [1.82, 2.24) is 0 Å². The molecule has 0 aliphatic heterocycles. The van der Waals surface area contributed by atoms with E-state index in [9.17, 15) is 8.78 Å². The molecule has 0 heterocycles. The molecule has 3 aromatic carbocycles. The Labute approximate surface area is 215 Å². The molecule has 0 saturated carbocycles. The van der Waals surface area contributed by atoms with Crippen LogP contribution in [0.1, 0.15) is 48.9 Å². The molecule has 2 unspecified atom stereocenters. The summed E-state index contributed by atoms with van der Waals surface area (Å²) >= 11 is 0. The number of rotatable bonds is 7. The molecule has 0 radical (unpaired) electrons. The summed E-state index contributed by atoms with van der Waals surface area (Å²) in [7, 11) is 0. The molecule has 1 aliphatic rings. The van der Waals surface area contributed by atoms with Crippen molar-refractivity contribution in [2.24, 2.45) is 0 Å². The molecule has 1 aliphatic carbocycles. The summed E-state index contributed by atoms with van der Waals surface area (Å²) in [6.07, 6.45) is 3.80. The Morgan fingerprint density at radius 1 is 0.919 bits per heavy atom. The lowest BCUT2D eigenvalue weighted by molar-refractivity contribution is -0.139. The lowest BCUT2D eigenvalue weighted by atomic mass is 9.94. The fourth-order valence-corrected chi connectivity index (χ4v) is 4.31. The number of alkyl halides is 2. The summed E-state index contributed by atoms with van der Waals surface area (Å²) in [6.45, 7) is 3.52. The third-order valence-corrected chi connectivity index (χ3v) is 6.30. The Morgan fingerprint density at radius 2 is 1.65 bits per heavy atom. The number of benzene rings is 3. The van der Waals surface area contributed by atoms with E-state index < -0.39 is 29.3 Å². The van der Waals surface area contributed by atoms with Gasteiger partial charge in [0.1, 0.15) is 0 Å². The second kappa shape index (κ2) is 11.6. The van der Waals surface area contributed by atoms with E-state index in [1.165, 1.54) is 18.6 Å². The van der Waals surface area contributed by atoms with E-state index in [2.05, 4.69) is 30.9 Å². The topological polar surface area (TPSA) is 9.23 Å². The van der Waals surface area contributed by atoms with Gasteiger partial charge in [-0.2, -0.15) is 0 Å². The van der Waals surface area contributed by atoms with Crippen LogP contribution in [0.3, 0.4) is 0 Å². The van der Waals surface area contributed by atoms with Crippen molar-refractivity contribution in [1.29, 1.82) is 0 Å². The normalized spacial score (nSPS) is 19.7. The summed E-state index contributed by atoms with van der Waals surface area (Å²) in [5.74, 6) is 0.665. The Kier molecular flexibility index (Phi) is 8.31. The van der Waals surface area contributed by atoms with Gasteiger partial charge in [-0.25, -0.2) is 17.6 Å². The largest absolute Gasteiger partial charge is 0.340 e. The molecule has 0 amide bonds. The molecule has 1 nitrogen and oxygen atoms in total. The van der Waals surface area contributed by atoms with Crippen LogP contribution >= 0.6 is 0 Å². The number of fused-ring (bicyclic) bond motifs is 1. The monoisotopic (exact) mass is 504 g/mol. The van der Waals surface area contributed by atoms with Crippen molar-refractivity contribution in [2.75, 3.05) is 6.61 Å². The molecule has 190 valence electrons. The zero-order valence-corrected chi connectivity index (χ0v) is 20.8. The predicted molar refractivity (Wildman–Crippen MR) is 142 cm³/mol. The zero-order valence-electron chi connectivity index (χ0n) is 20.8. The fourth-order valence-electron chi connectivity index (χ4n) is 4.31. The number of hydrogen-bond acceptors (Lipinski definition) is 1. The number of ether oxygens (including phenoxy) is 1. The van der Waals surface area contributed by atoms with E-state index in [1.807, 2.05) is 12.1 Å². The molecule has 0 fully saturated rings. The highest BCUT2D eigenvalue weighted by atomic mass is 19.2. The minimum atomic E-state index is -2.85. The van der Waals surface area contributed by atoms with Crippen LogP contribution < -0.4 is 0 Å². The Morgan fingerprint density at radius 3 is 2.35 bits per heavy atom. The van der Waals surface area contributed by atoms with Crippen LogP contribution in [-0.2, 0) is 11.2 Å². The van der Waals surface area contributed by atoms with Crippen LogP contribution in [0.5, 0.6) is 0 Å². The molecule has 0 saturated heterocycles. The molecule has 0 bridgehead atoms. The third kappa shape index (κ3) is 5.70. The molecule has 37 heavy (non-hydrogen) atoms. The summed E-state index contributed by atoms with van der Waals surface area (Å²) in [6, 6.07) is 18.0. The summed E-state index contributed by atoms with van der Waals surface area (Å²) in [5.41, 5.74) is 1.94. The van der Waals surface area contributed by atoms with Gasteiger partial charge in [0.25, 0.3) is 5.85 Å². The Bertz CT molecular complexity index is 1420. The van der Waals surface area contributed by atoms with Gasteiger partial charge in [0.15, 0.2) is 17.8 Å². The van der Waals surface area contributed by atoms with Crippen molar-refractivity contribution in [2.45, 2.75) is 45.1 Å². The molecule has 5 heteroatoms. The standard InChI is InChI=1S/C32H28F4O/c1-3-5-9-22-13-15-23(16-14-22)17-18-24-19-20-27(26-11-7-6-10-25(24)26)29(33)30(34)28-12-8-21-32(36,31(28)35)37-4-2/h6-8,10-16,19-21,31H,3-5,9H2,1-2H3/b30-29+. The first-order chi connectivity index (χ1) is 17.9. The van der Waals surface area contributed by atoms with E-state index in [4.69, 9.17) is 4.74 Å². The van der Waals surface area contributed by atoms with Gasteiger partial charge >= 0.3 is 0 Å². The van der Waals surface area contributed by atoms with Crippen molar-refractivity contribution < 1.29 is 22.3 Å². The quantitative estimate of drug-likeness (QED) is 0.231. The predicted octanol–water partition coefficient (Wildman–Crippen LogP) is 8.73. The van der Waals surface area contributed by atoms with E-state index in [0.717, 1.165) is 43.1 Å². The second-order valence-corrected chi connectivity index (χ2v) is 8.86. The van der Waals surface area contributed by atoms with Crippen LogP contribution in [-0.4, -0.2) is 18.6 Å². The molecule has 2 atom stereocenters. The second-order valence-electron chi connectivity index (χ2n) is 8.86. The SMILES string of the molecule is CCCCc1ccc(C#Cc2ccc(/C(F)=C(\F)C3=CC=CC(F)(OCC)C3F)c3ccccc23)cc1. The van der Waals surface area contributed by atoms with Crippen LogP contribution in [0, 0.1) is 11.8 Å². The van der Waals surface area contributed by atoms with Gasteiger partial charge in [0, 0.05) is 28.9 Å². The van der Waals surface area contributed by atoms with Gasteiger partial charge < -0.3 is 4.74 Å². The Hall–Kier alpha value is -3.62.